The minimum absolute atomic E-state index is 0.0146. The Morgan fingerprint density at radius 3 is 3.12 bits per heavy atom. The predicted octanol–water partition coefficient (Wildman–Crippen LogP) is 1.75. The Morgan fingerprint density at radius 1 is 1.53 bits per heavy atom. The van der Waals surface area contributed by atoms with Gasteiger partial charge in [0.05, 0.1) is 0 Å². The van der Waals surface area contributed by atoms with Crippen LogP contribution in [0.5, 0.6) is 0 Å². The summed E-state index contributed by atoms with van der Waals surface area (Å²) < 4.78 is 0. The van der Waals surface area contributed by atoms with Gasteiger partial charge in [-0.05, 0) is 30.0 Å². The molecule has 0 fully saturated rings. The number of urea groups is 1. The van der Waals surface area contributed by atoms with E-state index in [1.54, 1.807) is 0 Å². The van der Waals surface area contributed by atoms with Gasteiger partial charge in [0.2, 0.25) is 0 Å². The Balaban J connectivity index is 2.07. The standard InChI is InChI=1S/C13H19N3O/c1-2-7-15-13(17)16-8-6-10-4-3-5-12(14)11(10)9-16/h3-5H,2,6-9,14H2,1H3,(H,15,17). The van der Waals surface area contributed by atoms with Crippen molar-refractivity contribution < 1.29 is 4.79 Å². The molecule has 1 aromatic rings. The number of nitrogens with two attached hydrogens (primary N) is 1. The molecular formula is C13H19N3O. The van der Waals surface area contributed by atoms with E-state index in [9.17, 15) is 4.79 Å². The molecular weight excluding hydrogens is 214 g/mol. The molecule has 0 aromatic heterocycles. The Kier molecular flexibility index (Phi) is 3.52. The van der Waals surface area contributed by atoms with E-state index in [1.807, 2.05) is 24.0 Å². The van der Waals surface area contributed by atoms with Gasteiger partial charge in [0.15, 0.2) is 0 Å². The van der Waals surface area contributed by atoms with E-state index in [2.05, 4.69) is 11.4 Å². The van der Waals surface area contributed by atoms with Crippen LogP contribution < -0.4 is 11.1 Å². The van der Waals surface area contributed by atoms with Crippen molar-refractivity contribution in [2.45, 2.75) is 26.3 Å². The third kappa shape index (κ3) is 2.52. The fourth-order valence-corrected chi connectivity index (χ4v) is 2.12. The van der Waals surface area contributed by atoms with Gasteiger partial charge in [0.25, 0.3) is 0 Å². The average Bonchev–Trinajstić information content (AvgIpc) is 2.36. The zero-order valence-corrected chi connectivity index (χ0v) is 10.2. The molecule has 0 atom stereocenters. The molecule has 0 bridgehead atoms. The largest absolute Gasteiger partial charge is 0.398 e. The summed E-state index contributed by atoms with van der Waals surface area (Å²) in [6.07, 6.45) is 1.85. The van der Waals surface area contributed by atoms with Crippen LogP contribution in [0.2, 0.25) is 0 Å². The lowest BCUT2D eigenvalue weighted by molar-refractivity contribution is 0.192. The summed E-state index contributed by atoms with van der Waals surface area (Å²) in [5.41, 5.74) is 9.10. The van der Waals surface area contributed by atoms with Gasteiger partial charge in [-0.3, -0.25) is 0 Å². The van der Waals surface area contributed by atoms with E-state index in [4.69, 9.17) is 5.73 Å². The number of nitrogens with one attached hydrogen (secondary N) is 1. The highest BCUT2D eigenvalue weighted by atomic mass is 16.2. The molecule has 0 radical (unpaired) electrons. The van der Waals surface area contributed by atoms with Gasteiger partial charge in [0, 0.05) is 25.3 Å². The summed E-state index contributed by atoms with van der Waals surface area (Å²) >= 11 is 0. The van der Waals surface area contributed by atoms with Crippen LogP contribution in [0.4, 0.5) is 10.5 Å². The summed E-state index contributed by atoms with van der Waals surface area (Å²) in [5, 5.41) is 2.90. The van der Waals surface area contributed by atoms with Gasteiger partial charge in [0.1, 0.15) is 0 Å². The van der Waals surface area contributed by atoms with E-state index in [0.29, 0.717) is 6.54 Å². The van der Waals surface area contributed by atoms with Crippen LogP contribution in [0.1, 0.15) is 24.5 Å². The number of amides is 2. The van der Waals surface area contributed by atoms with Crippen molar-refractivity contribution in [3.8, 4) is 0 Å². The highest BCUT2D eigenvalue weighted by Crippen LogP contribution is 2.24. The molecule has 0 aliphatic carbocycles. The Morgan fingerprint density at radius 2 is 2.35 bits per heavy atom. The molecule has 0 unspecified atom stereocenters. The number of carbonyl (C=O) groups is 1. The second kappa shape index (κ2) is 5.08. The van der Waals surface area contributed by atoms with Gasteiger partial charge < -0.3 is 16.0 Å². The SMILES string of the molecule is CCCNC(=O)N1CCc2cccc(N)c2C1. The number of hydrogen-bond donors (Lipinski definition) is 2. The van der Waals surface area contributed by atoms with E-state index < -0.39 is 0 Å². The third-order valence-electron chi connectivity index (χ3n) is 3.12. The summed E-state index contributed by atoms with van der Waals surface area (Å²) in [5.74, 6) is 0. The molecule has 1 aliphatic rings. The molecule has 4 nitrogen and oxygen atoms in total. The Bertz CT molecular complexity index is 417. The lowest BCUT2D eigenvalue weighted by atomic mass is 9.98. The number of nitrogen functional groups attached to an aromatic ring is 1. The molecule has 3 N–H and O–H groups in total. The van der Waals surface area contributed by atoms with Crippen molar-refractivity contribution in [2.75, 3.05) is 18.8 Å². The van der Waals surface area contributed by atoms with Crippen LogP contribution in [0.25, 0.3) is 0 Å². The molecule has 0 saturated heterocycles. The molecule has 92 valence electrons. The van der Waals surface area contributed by atoms with Crippen LogP contribution in [-0.4, -0.2) is 24.0 Å². The zero-order valence-electron chi connectivity index (χ0n) is 10.2. The predicted molar refractivity (Wildman–Crippen MR) is 68.7 cm³/mol. The number of benzene rings is 1. The quantitative estimate of drug-likeness (QED) is 0.764. The summed E-state index contributed by atoms with van der Waals surface area (Å²) in [7, 11) is 0. The number of nitrogens with zero attached hydrogens (tertiary/aromatic N) is 1. The minimum atomic E-state index is 0.0146. The first-order valence-electron chi connectivity index (χ1n) is 6.11. The van der Waals surface area contributed by atoms with Crippen LogP contribution in [0.15, 0.2) is 18.2 Å². The molecule has 0 saturated carbocycles. The first kappa shape index (κ1) is 11.8. The number of rotatable bonds is 2. The zero-order chi connectivity index (χ0) is 12.3. The molecule has 1 aliphatic heterocycles. The van der Waals surface area contributed by atoms with E-state index in [0.717, 1.165) is 37.2 Å². The molecule has 1 heterocycles. The summed E-state index contributed by atoms with van der Waals surface area (Å²) in [6.45, 7) is 4.17. The van der Waals surface area contributed by atoms with Crippen molar-refractivity contribution in [3.63, 3.8) is 0 Å². The first-order valence-corrected chi connectivity index (χ1v) is 6.11. The highest BCUT2D eigenvalue weighted by Gasteiger charge is 2.21. The van der Waals surface area contributed by atoms with Crippen molar-refractivity contribution in [3.05, 3.63) is 29.3 Å². The normalized spacial score (nSPS) is 14.3. The number of anilines is 1. The minimum Gasteiger partial charge on any atom is -0.398 e. The Hall–Kier alpha value is -1.71. The van der Waals surface area contributed by atoms with Crippen molar-refractivity contribution in [1.29, 1.82) is 0 Å². The average molecular weight is 233 g/mol. The topological polar surface area (TPSA) is 58.4 Å². The number of carbonyl (C=O) groups excluding carboxylic acids is 1. The van der Waals surface area contributed by atoms with Crippen LogP contribution >= 0.6 is 0 Å². The molecule has 17 heavy (non-hydrogen) atoms. The lowest BCUT2D eigenvalue weighted by Crippen LogP contribution is -2.43. The van der Waals surface area contributed by atoms with E-state index in [-0.39, 0.29) is 6.03 Å². The maximum absolute atomic E-state index is 11.9. The Labute approximate surface area is 102 Å². The number of hydrogen-bond acceptors (Lipinski definition) is 2. The van der Waals surface area contributed by atoms with Crippen LogP contribution in [-0.2, 0) is 13.0 Å². The number of fused-ring (bicyclic) bond motifs is 1. The lowest BCUT2D eigenvalue weighted by Gasteiger charge is -2.29. The van der Waals surface area contributed by atoms with Gasteiger partial charge in [-0.25, -0.2) is 4.79 Å². The monoisotopic (exact) mass is 233 g/mol. The molecule has 0 spiro atoms. The second-order valence-electron chi connectivity index (χ2n) is 4.39. The van der Waals surface area contributed by atoms with Gasteiger partial charge in [-0.15, -0.1) is 0 Å². The van der Waals surface area contributed by atoms with Crippen molar-refractivity contribution >= 4 is 11.7 Å². The smallest absolute Gasteiger partial charge is 0.317 e. The van der Waals surface area contributed by atoms with Crippen LogP contribution in [0.3, 0.4) is 0 Å². The molecule has 4 heteroatoms. The fourth-order valence-electron chi connectivity index (χ4n) is 2.12. The van der Waals surface area contributed by atoms with Crippen molar-refractivity contribution in [2.24, 2.45) is 0 Å². The summed E-state index contributed by atoms with van der Waals surface area (Å²) in [6, 6.07) is 5.97. The van der Waals surface area contributed by atoms with E-state index >= 15 is 0 Å². The fraction of sp³-hybridized carbons (Fsp3) is 0.462. The molecule has 1 aromatic carbocycles. The first-order chi connectivity index (χ1) is 8.22. The van der Waals surface area contributed by atoms with E-state index in [1.165, 1.54) is 5.56 Å². The van der Waals surface area contributed by atoms with Gasteiger partial charge in [-0.2, -0.15) is 0 Å². The maximum atomic E-state index is 11.9. The molecule has 2 amide bonds. The molecule has 2 rings (SSSR count). The highest BCUT2D eigenvalue weighted by molar-refractivity contribution is 5.75. The van der Waals surface area contributed by atoms with Gasteiger partial charge in [-0.1, -0.05) is 19.1 Å². The second-order valence-corrected chi connectivity index (χ2v) is 4.39. The maximum Gasteiger partial charge on any atom is 0.317 e. The van der Waals surface area contributed by atoms with Crippen LogP contribution in [0, 0.1) is 0 Å². The summed E-state index contributed by atoms with van der Waals surface area (Å²) in [4.78, 5) is 13.7. The third-order valence-corrected chi connectivity index (χ3v) is 3.12. The van der Waals surface area contributed by atoms with Gasteiger partial charge >= 0.3 is 6.03 Å². The van der Waals surface area contributed by atoms with Crippen molar-refractivity contribution in [1.82, 2.24) is 10.2 Å².